The van der Waals surface area contributed by atoms with Gasteiger partial charge in [-0.3, -0.25) is 10.3 Å². The minimum Gasteiger partial charge on any atom is -0.390 e. The Morgan fingerprint density at radius 3 is 2.42 bits per heavy atom. The van der Waals surface area contributed by atoms with Gasteiger partial charge in [0.05, 0.1) is 6.10 Å². The molecule has 8 nitrogen and oxygen atoms in total. The maximum atomic E-state index is 10.3. The summed E-state index contributed by atoms with van der Waals surface area (Å²) < 4.78 is 0. The lowest BCUT2D eigenvalue weighted by Gasteiger charge is -2.35. The van der Waals surface area contributed by atoms with Gasteiger partial charge in [0.25, 0.3) is 0 Å². The first-order valence-corrected chi connectivity index (χ1v) is 8.72. The van der Waals surface area contributed by atoms with E-state index in [1.807, 2.05) is 18.2 Å². The van der Waals surface area contributed by atoms with Crippen molar-refractivity contribution in [3.63, 3.8) is 0 Å². The van der Waals surface area contributed by atoms with Crippen LogP contribution >= 0.6 is 0 Å². The highest BCUT2D eigenvalue weighted by Gasteiger charge is 2.20. The largest absolute Gasteiger partial charge is 0.390 e. The van der Waals surface area contributed by atoms with Crippen LogP contribution < -0.4 is 16.0 Å². The van der Waals surface area contributed by atoms with Crippen LogP contribution in [0.2, 0.25) is 0 Å². The van der Waals surface area contributed by atoms with E-state index in [1.165, 1.54) is 0 Å². The average Bonchev–Trinajstić information content (AvgIpc) is 2.68. The van der Waals surface area contributed by atoms with Crippen LogP contribution in [0.5, 0.6) is 0 Å². The summed E-state index contributed by atoms with van der Waals surface area (Å²) in [6.45, 7) is 4.57. The van der Waals surface area contributed by atoms with E-state index in [2.05, 4.69) is 25.1 Å². The normalized spacial score (nSPS) is 16.3. The molecule has 8 heteroatoms. The first kappa shape index (κ1) is 18.1. The van der Waals surface area contributed by atoms with Gasteiger partial charge in [-0.2, -0.15) is 0 Å². The van der Waals surface area contributed by atoms with Crippen molar-refractivity contribution in [2.45, 2.75) is 6.10 Å². The van der Waals surface area contributed by atoms with Crippen LogP contribution in [0.15, 0.2) is 42.7 Å². The third-order valence-corrected chi connectivity index (χ3v) is 4.41. The first-order chi connectivity index (χ1) is 12.6. The highest BCUT2D eigenvalue weighted by atomic mass is 16.3. The number of anilines is 2. The van der Waals surface area contributed by atoms with Gasteiger partial charge in [-0.15, -0.1) is 0 Å². The molecule has 0 spiro atoms. The maximum Gasteiger partial charge on any atom is 0.225 e. The molecule has 1 aromatic carbocycles. The quantitative estimate of drug-likeness (QED) is 0.419. The van der Waals surface area contributed by atoms with E-state index < -0.39 is 6.10 Å². The molecule has 0 bridgehead atoms. The number of amidine groups is 1. The molecular formula is C18H25N7O. The molecule has 5 N–H and O–H groups in total. The van der Waals surface area contributed by atoms with Gasteiger partial charge >= 0.3 is 0 Å². The molecule has 1 aromatic heterocycles. The Labute approximate surface area is 153 Å². The van der Waals surface area contributed by atoms with Crippen molar-refractivity contribution in [2.24, 2.45) is 5.73 Å². The lowest BCUT2D eigenvalue weighted by molar-refractivity contribution is 0.118. The number of hydrogen-bond acceptors (Lipinski definition) is 7. The van der Waals surface area contributed by atoms with Gasteiger partial charge in [0.1, 0.15) is 5.84 Å². The monoisotopic (exact) mass is 355 g/mol. The van der Waals surface area contributed by atoms with E-state index in [9.17, 15) is 5.11 Å². The molecule has 1 aliphatic rings. The predicted molar refractivity (Wildman–Crippen MR) is 103 cm³/mol. The Bertz CT molecular complexity index is 699. The molecular weight excluding hydrogens is 330 g/mol. The SMILES string of the molecule is N=C(N)c1ccc(NCC(O)CN2CCN(c3ncccn3)CC2)cc1. The van der Waals surface area contributed by atoms with Gasteiger partial charge in [0.15, 0.2) is 0 Å². The second kappa shape index (κ2) is 8.59. The van der Waals surface area contributed by atoms with E-state index in [-0.39, 0.29) is 5.84 Å². The van der Waals surface area contributed by atoms with Crippen molar-refractivity contribution in [3.05, 3.63) is 48.3 Å². The minimum absolute atomic E-state index is 0.0524. The van der Waals surface area contributed by atoms with Gasteiger partial charge in [-0.05, 0) is 30.3 Å². The van der Waals surface area contributed by atoms with Crippen LogP contribution in [0.25, 0.3) is 0 Å². The van der Waals surface area contributed by atoms with Crippen LogP contribution in [0.3, 0.4) is 0 Å². The molecule has 0 amide bonds. The number of rotatable bonds is 7. The van der Waals surface area contributed by atoms with Crippen molar-refractivity contribution in [2.75, 3.05) is 49.5 Å². The molecule has 1 saturated heterocycles. The minimum atomic E-state index is -0.456. The second-order valence-corrected chi connectivity index (χ2v) is 6.36. The summed E-state index contributed by atoms with van der Waals surface area (Å²) in [5.41, 5.74) is 7.04. The number of piperazine rings is 1. The molecule has 1 aliphatic heterocycles. The van der Waals surface area contributed by atoms with Crippen molar-refractivity contribution in [3.8, 4) is 0 Å². The first-order valence-electron chi connectivity index (χ1n) is 8.72. The van der Waals surface area contributed by atoms with Crippen LogP contribution in [-0.2, 0) is 0 Å². The number of hydrogen-bond donors (Lipinski definition) is 4. The molecule has 2 aromatic rings. The molecule has 2 heterocycles. The number of nitrogens with one attached hydrogen (secondary N) is 2. The lowest BCUT2D eigenvalue weighted by atomic mass is 10.2. The molecule has 138 valence electrons. The van der Waals surface area contributed by atoms with Gasteiger partial charge in [-0.25, -0.2) is 9.97 Å². The Hall–Kier alpha value is -2.71. The number of nitrogens with zero attached hydrogens (tertiary/aromatic N) is 4. The third kappa shape index (κ3) is 4.90. The lowest BCUT2D eigenvalue weighted by Crippen LogP contribution is -2.49. The van der Waals surface area contributed by atoms with Gasteiger partial charge in [0.2, 0.25) is 5.95 Å². The fourth-order valence-corrected chi connectivity index (χ4v) is 2.95. The van der Waals surface area contributed by atoms with Crippen molar-refractivity contribution in [1.82, 2.24) is 14.9 Å². The van der Waals surface area contributed by atoms with Crippen molar-refractivity contribution >= 4 is 17.5 Å². The Balaban J connectivity index is 1.40. The van der Waals surface area contributed by atoms with E-state index >= 15 is 0 Å². The third-order valence-electron chi connectivity index (χ3n) is 4.41. The summed E-state index contributed by atoms with van der Waals surface area (Å²) in [6.07, 6.45) is 3.06. The number of aromatic nitrogens is 2. The van der Waals surface area contributed by atoms with Crippen LogP contribution in [0.1, 0.15) is 5.56 Å². The van der Waals surface area contributed by atoms with Crippen molar-refractivity contribution < 1.29 is 5.11 Å². The van der Waals surface area contributed by atoms with Crippen LogP contribution in [0, 0.1) is 5.41 Å². The molecule has 0 aliphatic carbocycles. The molecule has 1 atom stereocenters. The average molecular weight is 355 g/mol. The van der Waals surface area contributed by atoms with Crippen LogP contribution in [0.4, 0.5) is 11.6 Å². The summed E-state index contributed by atoms with van der Waals surface area (Å²) in [6, 6.07) is 9.13. The van der Waals surface area contributed by atoms with E-state index in [0.717, 1.165) is 37.8 Å². The highest BCUT2D eigenvalue weighted by Crippen LogP contribution is 2.11. The zero-order valence-electron chi connectivity index (χ0n) is 14.7. The summed E-state index contributed by atoms with van der Waals surface area (Å²) in [5, 5.41) is 20.9. The van der Waals surface area contributed by atoms with E-state index in [1.54, 1.807) is 24.5 Å². The second-order valence-electron chi connectivity index (χ2n) is 6.36. The zero-order chi connectivity index (χ0) is 18.4. The van der Waals surface area contributed by atoms with Gasteiger partial charge in [0, 0.05) is 62.9 Å². The molecule has 0 radical (unpaired) electrons. The smallest absolute Gasteiger partial charge is 0.225 e. The number of aliphatic hydroxyl groups excluding tert-OH is 1. The maximum absolute atomic E-state index is 10.3. The van der Waals surface area contributed by atoms with E-state index in [4.69, 9.17) is 11.1 Å². The summed E-state index contributed by atoms with van der Waals surface area (Å²) in [4.78, 5) is 13.0. The number of benzene rings is 1. The topological polar surface area (TPSA) is 114 Å². The number of β-amino-alcohol motifs (C(OH)–C–C–N with tert-alkyl or cyclic N) is 1. The summed E-state index contributed by atoms with van der Waals surface area (Å²) in [7, 11) is 0. The van der Waals surface area contributed by atoms with Crippen LogP contribution in [-0.4, -0.2) is 71.2 Å². The number of nitrogens with two attached hydrogens (primary N) is 1. The highest BCUT2D eigenvalue weighted by molar-refractivity contribution is 5.95. The van der Waals surface area contributed by atoms with Gasteiger partial charge in [-0.1, -0.05) is 0 Å². The Morgan fingerprint density at radius 2 is 1.81 bits per heavy atom. The predicted octanol–water partition coefficient (Wildman–Crippen LogP) is 0.356. The fraction of sp³-hybridized carbons (Fsp3) is 0.389. The van der Waals surface area contributed by atoms with Gasteiger partial charge < -0.3 is 21.1 Å². The Morgan fingerprint density at radius 1 is 1.15 bits per heavy atom. The molecule has 3 rings (SSSR count). The molecule has 26 heavy (non-hydrogen) atoms. The fourth-order valence-electron chi connectivity index (χ4n) is 2.95. The summed E-state index contributed by atoms with van der Waals surface area (Å²) in [5.74, 6) is 0.819. The van der Waals surface area contributed by atoms with Crippen molar-refractivity contribution in [1.29, 1.82) is 5.41 Å². The van der Waals surface area contributed by atoms with E-state index in [0.29, 0.717) is 18.7 Å². The number of nitrogen functional groups attached to an aromatic ring is 1. The standard InChI is InChI=1S/C18H25N7O/c19-17(20)14-2-4-15(5-3-14)23-12-16(26)13-24-8-10-25(11-9-24)18-21-6-1-7-22-18/h1-7,16,23,26H,8-13H2,(H3,19,20). The number of aliphatic hydroxyl groups is 1. The molecule has 1 unspecified atom stereocenters. The zero-order valence-corrected chi connectivity index (χ0v) is 14.7. The summed E-state index contributed by atoms with van der Waals surface area (Å²) >= 11 is 0. The molecule has 1 fully saturated rings. The molecule has 0 saturated carbocycles. The Kier molecular flexibility index (Phi) is 5.98.